The van der Waals surface area contributed by atoms with Gasteiger partial charge in [0.25, 0.3) is 0 Å². The molecule has 3 aliphatic rings. The Hall–Kier alpha value is -1.97. The minimum absolute atomic E-state index is 0.161. The number of hydrogen-bond donors (Lipinski definition) is 0. The van der Waals surface area contributed by atoms with Crippen molar-refractivity contribution in [3.05, 3.63) is 35.4 Å². The van der Waals surface area contributed by atoms with Crippen LogP contribution in [-0.4, -0.2) is 31.6 Å². The molecule has 1 aliphatic carbocycles. The van der Waals surface area contributed by atoms with Crippen molar-refractivity contribution in [1.82, 2.24) is 4.90 Å². The van der Waals surface area contributed by atoms with E-state index in [-0.39, 0.29) is 12.0 Å². The van der Waals surface area contributed by atoms with E-state index in [4.69, 9.17) is 9.47 Å². The van der Waals surface area contributed by atoms with E-state index in [2.05, 4.69) is 29.2 Å². The molecule has 0 bridgehead atoms. The van der Waals surface area contributed by atoms with Crippen LogP contribution in [0.25, 0.3) is 0 Å². The van der Waals surface area contributed by atoms with Crippen LogP contribution < -0.4 is 9.47 Å². The Balaban J connectivity index is 1.82. The number of fused-ring (bicyclic) bond motifs is 5. The number of rotatable bonds is 2. The monoisotopic (exact) mass is 299 g/mol. The average Bonchev–Trinajstić information content (AvgIpc) is 2.87. The first-order valence-electron chi connectivity index (χ1n) is 7.95. The second-order valence-electron chi connectivity index (χ2n) is 6.35. The summed E-state index contributed by atoms with van der Waals surface area (Å²) in [6.07, 6.45) is 7.16. The molecule has 4 heteroatoms. The van der Waals surface area contributed by atoms with Gasteiger partial charge in [-0.3, -0.25) is 4.79 Å². The largest absolute Gasteiger partial charge is 0.493 e. The zero-order valence-electron chi connectivity index (χ0n) is 13.0. The van der Waals surface area contributed by atoms with Gasteiger partial charge in [0.1, 0.15) is 0 Å². The van der Waals surface area contributed by atoms with Crippen LogP contribution in [0.4, 0.5) is 0 Å². The molecule has 0 radical (unpaired) electrons. The normalized spacial score (nSPS) is 28.9. The fourth-order valence-corrected chi connectivity index (χ4v) is 4.37. The Morgan fingerprint density at radius 1 is 1.09 bits per heavy atom. The van der Waals surface area contributed by atoms with Crippen molar-refractivity contribution in [1.29, 1.82) is 0 Å². The van der Waals surface area contributed by atoms with Gasteiger partial charge in [0, 0.05) is 12.5 Å². The minimum atomic E-state index is 0.161. The van der Waals surface area contributed by atoms with E-state index < -0.39 is 0 Å². The first kappa shape index (κ1) is 13.7. The lowest BCUT2D eigenvalue weighted by Crippen LogP contribution is -2.35. The molecule has 4 nitrogen and oxygen atoms in total. The highest BCUT2D eigenvalue weighted by Crippen LogP contribution is 2.51. The van der Waals surface area contributed by atoms with Gasteiger partial charge in [-0.15, -0.1) is 0 Å². The first-order chi connectivity index (χ1) is 10.7. The molecule has 0 saturated carbocycles. The topological polar surface area (TPSA) is 38.8 Å². The number of benzene rings is 1. The molecule has 2 aliphatic heterocycles. The molecular weight excluding hydrogens is 278 g/mol. The van der Waals surface area contributed by atoms with Crippen molar-refractivity contribution in [2.75, 3.05) is 20.8 Å². The SMILES string of the molecule is COc1cc2c(cc1OC)[C@H]1[C@@H]3CC=CC[C@@H]3C(=O)N1CC2. The van der Waals surface area contributed by atoms with Crippen LogP contribution in [-0.2, 0) is 11.2 Å². The molecule has 3 atom stereocenters. The number of carbonyl (C=O) groups is 1. The Bertz CT molecular complexity index is 652. The third-order valence-corrected chi connectivity index (χ3v) is 5.41. The highest BCUT2D eigenvalue weighted by molar-refractivity contribution is 5.83. The highest BCUT2D eigenvalue weighted by Gasteiger charge is 2.50. The zero-order valence-corrected chi connectivity index (χ0v) is 13.0. The molecule has 1 aromatic carbocycles. The van der Waals surface area contributed by atoms with Gasteiger partial charge in [0.15, 0.2) is 11.5 Å². The smallest absolute Gasteiger partial charge is 0.226 e. The van der Waals surface area contributed by atoms with Gasteiger partial charge in [-0.25, -0.2) is 0 Å². The number of nitrogens with zero attached hydrogens (tertiary/aromatic N) is 1. The lowest BCUT2D eigenvalue weighted by atomic mass is 9.78. The van der Waals surface area contributed by atoms with E-state index >= 15 is 0 Å². The van der Waals surface area contributed by atoms with Crippen molar-refractivity contribution in [3.8, 4) is 11.5 Å². The Morgan fingerprint density at radius 3 is 2.59 bits per heavy atom. The number of amides is 1. The molecule has 1 amide bonds. The second kappa shape index (κ2) is 5.04. The van der Waals surface area contributed by atoms with Crippen molar-refractivity contribution in [3.63, 3.8) is 0 Å². The molecule has 4 rings (SSSR count). The summed E-state index contributed by atoms with van der Waals surface area (Å²) < 4.78 is 10.9. The van der Waals surface area contributed by atoms with Gasteiger partial charge in [0.2, 0.25) is 5.91 Å². The molecule has 1 saturated heterocycles. The number of ether oxygens (including phenoxy) is 2. The van der Waals surface area contributed by atoms with E-state index in [0.717, 1.165) is 37.3 Å². The minimum Gasteiger partial charge on any atom is -0.493 e. The van der Waals surface area contributed by atoms with Crippen LogP contribution in [0.15, 0.2) is 24.3 Å². The molecule has 1 fully saturated rings. The third kappa shape index (κ3) is 1.79. The van der Waals surface area contributed by atoms with Gasteiger partial charge in [-0.05, 0) is 48.4 Å². The van der Waals surface area contributed by atoms with Gasteiger partial charge >= 0.3 is 0 Å². The molecule has 1 aromatic rings. The number of methoxy groups -OCH3 is 2. The average molecular weight is 299 g/mol. The Kier molecular flexibility index (Phi) is 3.13. The molecule has 0 aromatic heterocycles. The molecular formula is C18H21NO3. The van der Waals surface area contributed by atoms with Gasteiger partial charge in [-0.2, -0.15) is 0 Å². The predicted molar refractivity (Wildman–Crippen MR) is 83.1 cm³/mol. The van der Waals surface area contributed by atoms with Crippen molar-refractivity contribution in [2.24, 2.45) is 11.8 Å². The summed E-state index contributed by atoms with van der Waals surface area (Å²) in [5.41, 5.74) is 2.54. The second-order valence-corrected chi connectivity index (χ2v) is 6.35. The van der Waals surface area contributed by atoms with Crippen LogP contribution in [0.1, 0.15) is 30.0 Å². The number of allylic oxidation sites excluding steroid dienone is 2. The van der Waals surface area contributed by atoms with E-state index in [1.807, 2.05) is 0 Å². The molecule has 0 N–H and O–H groups in total. The first-order valence-corrected chi connectivity index (χ1v) is 7.95. The number of hydrogen-bond acceptors (Lipinski definition) is 3. The molecule has 0 unspecified atom stereocenters. The third-order valence-electron chi connectivity index (χ3n) is 5.41. The van der Waals surface area contributed by atoms with E-state index in [1.165, 1.54) is 11.1 Å². The van der Waals surface area contributed by atoms with Crippen LogP contribution in [0.2, 0.25) is 0 Å². The maximum absolute atomic E-state index is 12.7. The van der Waals surface area contributed by atoms with Crippen LogP contribution >= 0.6 is 0 Å². The Morgan fingerprint density at radius 2 is 1.82 bits per heavy atom. The van der Waals surface area contributed by atoms with Gasteiger partial charge in [-0.1, -0.05) is 12.2 Å². The molecule has 22 heavy (non-hydrogen) atoms. The summed E-state index contributed by atoms with van der Waals surface area (Å²) in [4.78, 5) is 14.8. The van der Waals surface area contributed by atoms with Gasteiger partial charge in [0.05, 0.1) is 20.3 Å². The van der Waals surface area contributed by atoms with E-state index in [9.17, 15) is 4.79 Å². The lowest BCUT2D eigenvalue weighted by Gasteiger charge is -2.35. The van der Waals surface area contributed by atoms with E-state index in [1.54, 1.807) is 14.2 Å². The summed E-state index contributed by atoms with van der Waals surface area (Å²) in [7, 11) is 3.33. The molecule has 0 spiro atoms. The van der Waals surface area contributed by atoms with Crippen LogP contribution in [0.5, 0.6) is 11.5 Å². The summed E-state index contributed by atoms with van der Waals surface area (Å²) in [6.45, 7) is 0.818. The summed E-state index contributed by atoms with van der Waals surface area (Å²) in [5.74, 6) is 2.42. The summed E-state index contributed by atoms with van der Waals surface area (Å²) >= 11 is 0. The number of carbonyl (C=O) groups excluding carboxylic acids is 1. The van der Waals surface area contributed by atoms with Crippen LogP contribution in [0.3, 0.4) is 0 Å². The fraction of sp³-hybridized carbons (Fsp3) is 0.500. The van der Waals surface area contributed by atoms with E-state index in [0.29, 0.717) is 11.8 Å². The summed E-state index contributed by atoms with van der Waals surface area (Å²) in [5, 5.41) is 0. The standard InChI is InChI=1S/C18H21NO3/c1-21-15-9-11-7-8-19-17(14(11)10-16(15)22-2)12-5-3-4-6-13(12)18(19)20/h3-4,9-10,12-13,17H,5-8H2,1-2H3/t12-,13+,17-/m1/s1. The maximum Gasteiger partial charge on any atom is 0.226 e. The zero-order chi connectivity index (χ0) is 15.3. The van der Waals surface area contributed by atoms with Gasteiger partial charge < -0.3 is 14.4 Å². The fourth-order valence-electron chi connectivity index (χ4n) is 4.37. The van der Waals surface area contributed by atoms with Crippen LogP contribution in [0, 0.1) is 11.8 Å². The quantitative estimate of drug-likeness (QED) is 0.788. The Labute approximate surface area is 130 Å². The van der Waals surface area contributed by atoms with Crippen molar-refractivity contribution in [2.45, 2.75) is 25.3 Å². The maximum atomic E-state index is 12.7. The predicted octanol–water partition coefficient (Wildman–Crippen LogP) is 2.73. The van der Waals surface area contributed by atoms with Crippen molar-refractivity contribution >= 4 is 5.91 Å². The van der Waals surface area contributed by atoms with Crippen molar-refractivity contribution < 1.29 is 14.3 Å². The summed E-state index contributed by atoms with van der Waals surface area (Å²) in [6, 6.07) is 4.37. The molecule has 116 valence electrons. The highest BCUT2D eigenvalue weighted by atomic mass is 16.5. The molecule has 2 heterocycles. The lowest BCUT2D eigenvalue weighted by molar-refractivity contribution is -0.132.